The summed E-state index contributed by atoms with van der Waals surface area (Å²) in [5.74, 6) is 0. The average Bonchev–Trinajstić information content (AvgIpc) is 2.59. The van der Waals surface area contributed by atoms with Crippen molar-refractivity contribution in [3.63, 3.8) is 0 Å². The molecule has 0 bridgehead atoms. The van der Waals surface area contributed by atoms with Crippen LogP contribution < -0.4 is 0 Å². The Morgan fingerprint density at radius 1 is 0.654 bits per heavy atom. The van der Waals surface area contributed by atoms with Gasteiger partial charge in [0.25, 0.3) is 0 Å². The minimum absolute atomic E-state index is 0.697. The van der Waals surface area contributed by atoms with E-state index in [9.17, 15) is 0 Å². The Kier molecular flexibility index (Phi) is 5.02. The van der Waals surface area contributed by atoms with E-state index >= 15 is 0 Å². The Hall–Kier alpha value is -1.46. The molecule has 4 rings (SSSR count). The van der Waals surface area contributed by atoms with E-state index in [1.54, 1.807) is 21.6 Å². The first kappa shape index (κ1) is 17.9. The average molecular weight is 417 g/mol. The van der Waals surface area contributed by atoms with Crippen LogP contribution in [0.3, 0.4) is 0 Å². The van der Waals surface area contributed by atoms with Crippen LogP contribution in [0.5, 0.6) is 0 Å². The standard InChI is InChI=1S/C20H14Cl2N2S2/c1-11-7-19(23-17-9-13(21)3-5-15(11)17)25-26-20-8-12(2)16-6-4-14(22)10-18(16)24-20/h3-10H,1-2H3. The third-order valence-electron chi connectivity index (χ3n) is 4.12. The molecule has 2 nitrogen and oxygen atoms in total. The lowest BCUT2D eigenvalue weighted by molar-refractivity contribution is 1.17. The van der Waals surface area contributed by atoms with Crippen molar-refractivity contribution in [3.8, 4) is 0 Å². The summed E-state index contributed by atoms with van der Waals surface area (Å²) >= 11 is 12.2. The van der Waals surface area contributed by atoms with Crippen LogP contribution >= 0.6 is 44.8 Å². The van der Waals surface area contributed by atoms with Crippen LogP contribution in [-0.4, -0.2) is 9.97 Å². The summed E-state index contributed by atoms with van der Waals surface area (Å²) in [6.45, 7) is 4.18. The van der Waals surface area contributed by atoms with Gasteiger partial charge in [-0.1, -0.05) is 35.3 Å². The molecule has 0 amide bonds. The highest BCUT2D eigenvalue weighted by Gasteiger charge is 2.08. The molecule has 0 atom stereocenters. The minimum Gasteiger partial charge on any atom is -0.241 e. The molecule has 2 heterocycles. The molecule has 4 aromatic rings. The molecule has 0 saturated carbocycles. The first-order chi connectivity index (χ1) is 12.5. The first-order valence-corrected chi connectivity index (χ1v) is 10.9. The van der Waals surface area contributed by atoms with Gasteiger partial charge in [-0.3, -0.25) is 0 Å². The van der Waals surface area contributed by atoms with Crippen molar-refractivity contribution in [2.45, 2.75) is 23.9 Å². The topological polar surface area (TPSA) is 25.8 Å². The van der Waals surface area contributed by atoms with Crippen LogP contribution in [0.25, 0.3) is 21.8 Å². The van der Waals surface area contributed by atoms with Crippen LogP contribution in [0.2, 0.25) is 10.0 Å². The number of fused-ring (bicyclic) bond motifs is 2. The van der Waals surface area contributed by atoms with E-state index in [2.05, 4.69) is 26.0 Å². The third kappa shape index (κ3) is 3.65. The molecular formula is C20H14Cl2N2S2. The lowest BCUT2D eigenvalue weighted by Gasteiger charge is -2.08. The van der Waals surface area contributed by atoms with Crippen LogP contribution in [0.15, 0.2) is 58.6 Å². The van der Waals surface area contributed by atoms with Gasteiger partial charge >= 0.3 is 0 Å². The largest absolute Gasteiger partial charge is 0.241 e. The van der Waals surface area contributed by atoms with Gasteiger partial charge in [-0.15, -0.1) is 0 Å². The number of aryl methyl sites for hydroxylation is 2. The molecule has 2 aromatic heterocycles. The number of halogens is 2. The first-order valence-electron chi connectivity index (χ1n) is 7.98. The summed E-state index contributed by atoms with van der Waals surface area (Å²) in [6, 6.07) is 15.8. The van der Waals surface area contributed by atoms with Gasteiger partial charge < -0.3 is 0 Å². The molecule has 0 spiro atoms. The molecule has 26 heavy (non-hydrogen) atoms. The maximum Gasteiger partial charge on any atom is 0.108 e. The zero-order valence-corrected chi connectivity index (χ0v) is 17.2. The summed E-state index contributed by atoms with van der Waals surface area (Å²) in [5.41, 5.74) is 4.19. The van der Waals surface area contributed by atoms with Crippen LogP contribution in [0, 0.1) is 13.8 Å². The third-order valence-corrected chi connectivity index (χ3v) is 6.71. The fourth-order valence-electron chi connectivity index (χ4n) is 2.86. The van der Waals surface area contributed by atoms with Gasteiger partial charge in [-0.05, 0) is 83.0 Å². The Balaban J connectivity index is 1.64. The van der Waals surface area contributed by atoms with Gasteiger partial charge in [0.1, 0.15) is 10.1 Å². The number of aromatic nitrogens is 2. The zero-order valence-electron chi connectivity index (χ0n) is 14.1. The van der Waals surface area contributed by atoms with Crippen LogP contribution in [0.4, 0.5) is 0 Å². The Labute approximate surface area is 169 Å². The molecule has 0 radical (unpaired) electrons. The Bertz CT molecular complexity index is 1050. The van der Waals surface area contributed by atoms with Gasteiger partial charge in [0.15, 0.2) is 0 Å². The highest BCUT2D eigenvalue weighted by atomic mass is 35.5. The molecule has 0 fully saturated rings. The van der Waals surface area contributed by atoms with Gasteiger partial charge in [0.05, 0.1) is 11.0 Å². The monoisotopic (exact) mass is 416 g/mol. The summed E-state index contributed by atoms with van der Waals surface area (Å²) in [5, 5.41) is 5.52. The Morgan fingerprint density at radius 3 is 1.50 bits per heavy atom. The molecule has 0 saturated heterocycles. The van der Waals surface area contributed by atoms with E-state index in [4.69, 9.17) is 33.2 Å². The predicted octanol–water partition coefficient (Wildman–Crippen LogP) is 7.51. The van der Waals surface area contributed by atoms with E-state index < -0.39 is 0 Å². The lowest BCUT2D eigenvalue weighted by Crippen LogP contribution is -1.88. The number of nitrogens with zero attached hydrogens (tertiary/aromatic N) is 2. The molecule has 130 valence electrons. The van der Waals surface area contributed by atoms with E-state index in [0.29, 0.717) is 10.0 Å². The smallest absolute Gasteiger partial charge is 0.108 e. The van der Waals surface area contributed by atoms with Crippen molar-refractivity contribution >= 4 is 66.6 Å². The fourth-order valence-corrected chi connectivity index (χ4v) is 5.11. The molecule has 0 aliphatic carbocycles. The van der Waals surface area contributed by atoms with Gasteiger partial charge in [0, 0.05) is 20.8 Å². The SMILES string of the molecule is Cc1cc(SSc2cc(C)c3ccc(Cl)cc3n2)nc2cc(Cl)ccc12. The molecule has 2 aromatic carbocycles. The summed E-state index contributed by atoms with van der Waals surface area (Å²) in [7, 11) is 3.19. The van der Waals surface area contributed by atoms with Crippen molar-refractivity contribution in [2.24, 2.45) is 0 Å². The highest BCUT2D eigenvalue weighted by Crippen LogP contribution is 2.38. The number of pyridine rings is 2. The van der Waals surface area contributed by atoms with Crippen molar-refractivity contribution in [3.05, 3.63) is 69.7 Å². The summed E-state index contributed by atoms with van der Waals surface area (Å²) in [6.07, 6.45) is 0. The fraction of sp³-hybridized carbons (Fsp3) is 0.100. The van der Waals surface area contributed by atoms with Crippen molar-refractivity contribution < 1.29 is 0 Å². The van der Waals surface area contributed by atoms with Crippen LogP contribution in [0.1, 0.15) is 11.1 Å². The van der Waals surface area contributed by atoms with E-state index in [1.165, 1.54) is 11.1 Å². The quantitative estimate of drug-likeness (QED) is 0.322. The van der Waals surface area contributed by atoms with Gasteiger partial charge in [0.2, 0.25) is 0 Å². The van der Waals surface area contributed by atoms with E-state index in [0.717, 1.165) is 31.9 Å². The second-order valence-electron chi connectivity index (χ2n) is 6.04. The van der Waals surface area contributed by atoms with Crippen molar-refractivity contribution in [1.29, 1.82) is 0 Å². The van der Waals surface area contributed by atoms with Gasteiger partial charge in [-0.2, -0.15) is 0 Å². The molecule has 0 unspecified atom stereocenters. The predicted molar refractivity (Wildman–Crippen MR) is 115 cm³/mol. The number of hydrogen-bond donors (Lipinski definition) is 0. The Morgan fingerprint density at radius 2 is 1.08 bits per heavy atom. The van der Waals surface area contributed by atoms with Crippen molar-refractivity contribution in [1.82, 2.24) is 9.97 Å². The maximum atomic E-state index is 6.11. The molecule has 0 aliphatic heterocycles. The molecule has 0 aliphatic rings. The number of rotatable bonds is 3. The minimum atomic E-state index is 0.697. The molecule has 6 heteroatoms. The van der Waals surface area contributed by atoms with E-state index in [-0.39, 0.29) is 0 Å². The molecular weight excluding hydrogens is 403 g/mol. The van der Waals surface area contributed by atoms with Crippen molar-refractivity contribution in [2.75, 3.05) is 0 Å². The van der Waals surface area contributed by atoms with E-state index in [1.807, 2.05) is 36.4 Å². The second kappa shape index (κ2) is 7.28. The van der Waals surface area contributed by atoms with Gasteiger partial charge in [-0.25, -0.2) is 9.97 Å². The number of benzene rings is 2. The van der Waals surface area contributed by atoms with Crippen LogP contribution in [-0.2, 0) is 0 Å². The number of hydrogen-bond acceptors (Lipinski definition) is 4. The normalized spacial score (nSPS) is 11.4. The summed E-state index contributed by atoms with van der Waals surface area (Å²) < 4.78 is 0. The highest BCUT2D eigenvalue weighted by molar-refractivity contribution is 8.76. The lowest BCUT2D eigenvalue weighted by atomic mass is 10.1. The summed E-state index contributed by atoms with van der Waals surface area (Å²) in [4.78, 5) is 9.44. The second-order valence-corrected chi connectivity index (χ2v) is 9.09. The zero-order chi connectivity index (χ0) is 18.3. The molecule has 0 N–H and O–H groups in total. The maximum absolute atomic E-state index is 6.11.